The van der Waals surface area contributed by atoms with Gasteiger partial charge in [0.2, 0.25) is 0 Å². The van der Waals surface area contributed by atoms with Crippen molar-refractivity contribution in [2.45, 2.75) is 0 Å². The molecule has 0 bridgehead atoms. The number of aromatic nitrogens is 1. The molecule has 0 N–H and O–H groups in total. The zero-order valence-electron chi connectivity index (χ0n) is 19.2. The van der Waals surface area contributed by atoms with E-state index >= 15 is 0 Å². The summed E-state index contributed by atoms with van der Waals surface area (Å²) in [5, 5.41) is 5.41. The van der Waals surface area contributed by atoms with Crippen molar-refractivity contribution >= 4 is 54.8 Å². The van der Waals surface area contributed by atoms with Gasteiger partial charge in [-0.15, -0.1) is 0 Å². The number of para-hydroxylation sites is 3. The van der Waals surface area contributed by atoms with Crippen LogP contribution in [0.5, 0.6) is 0 Å². The maximum Gasteiger partial charge on any atom is 0.162 e. The highest BCUT2D eigenvalue weighted by atomic mass is 16.3. The van der Waals surface area contributed by atoms with Gasteiger partial charge in [0.05, 0.1) is 0 Å². The molecule has 0 aliphatic rings. The van der Waals surface area contributed by atoms with Crippen molar-refractivity contribution in [2.24, 2.45) is 0 Å². The van der Waals surface area contributed by atoms with Gasteiger partial charge >= 0.3 is 0 Å². The van der Waals surface area contributed by atoms with Crippen LogP contribution in [-0.2, 0) is 0 Å². The van der Waals surface area contributed by atoms with Crippen LogP contribution >= 0.6 is 0 Å². The third-order valence-electron chi connectivity index (χ3n) is 7.12. The Morgan fingerprint density at radius 3 is 2.00 bits per heavy atom. The fraction of sp³-hybridized carbons (Fsp3) is 0. The van der Waals surface area contributed by atoms with Gasteiger partial charge in [0.15, 0.2) is 5.58 Å². The first kappa shape index (κ1) is 19.4. The molecule has 0 saturated carbocycles. The van der Waals surface area contributed by atoms with Crippen LogP contribution in [0.15, 0.2) is 124 Å². The number of furan rings is 2. The number of pyridine rings is 1. The lowest BCUT2D eigenvalue weighted by Crippen LogP contribution is -1.92. The molecule has 0 unspecified atom stereocenters. The summed E-state index contributed by atoms with van der Waals surface area (Å²) in [7, 11) is 0. The lowest BCUT2D eigenvalue weighted by atomic mass is 9.87. The van der Waals surface area contributed by atoms with Crippen LogP contribution in [-0.4, -0.2) is 4.98 Å². The Balaban J connectivity index is 1.67. The SMILES string of the molecule is c1ccc(-c2c(-c3cccc4c3oc3ccccc34)c3c4ccccc4oc3c3ncccc23)cc1. The van der Waals surface area contributed by atoms with E-state index in [2.05, 4.69) is 78.9 Å². The molecule has 0 amide bonds. The molecule has 3 aromatic heterocycles. The Morgan fingerprint density at radius 1 is 0.472 bits per heavy atom. The first-order valence-electron chi connectivity index (χ1n) is 12.1. The zero-order chi connectivity index (χ0) is 23.6. The van der Waals surface area contributed by atoms with Gasteiger partial charge in [-0.3, -0.25) is 4.98 Å². The molecule has 8 aromatic rings. The van der Waals surface area contributed by atoms with Crippen molar-refractivity contribution in [1.82, 2.24) is 4.98 Å². The summed E-state index contributed by atoms with van der Waals surface area (Å²) < 4.78 is 13.0. The van der Waals surface area contributed by atoms with Gasteiger partial charge in [-0.05, 0) is 29.3 Å². The molecule has 0 atom stereocenters. The van der Waals surface area contributed by atoms with Gasteiger partial charge in [0, 0.05) is 44.3 Å². The second-order valence-corrected chi connectivity index (χ2v) is 9.10. The van der Waals surface area contributed by atoms with E-state index in [9.17, 15) is 0 Å². The van der Waals surface area contributed by atoms with E-state index in [1.165, 1.54) is 0 Å². The average molecular weight is 462 g/mol. The van der Waals surface area contributed by atoms with Crippen LogP contribution in [0.25, 0.3) is 77.0 Å². The minimum atomic E-state index is 0.801. The van der Waals surface area contributed by atoms with Crippen LogP contribution in [0, 0.1) is 0 Å². The smallest absolute Gasteiger partial charge is 0.162 e. The summed E-state index contributed by atoms with van der Waals surface area (Å²) in [5.74, 6) is 0. The predicted octanol–water partition coefficient (Wildman–Crippen LogP) is 9.37. The molecule has 36 heavy (non-hydrogen) atoms. The van der Waals surface area contributed by atoms with Crippen molar-refractivity contribution in [3.8, 4) is 22.3 Å². The van der Waals surface area contributed by atoms with Gasteiger partial charge in [-0.25, -0.2) is 0 Å². The fourth-order valence-electron chi connectivity index (χ4n) is 5.63. The molecule has 3 heterocycles. The van der Waals surface area contributed by atoms with Crippen molar-refractivity contribution in [3.63, 3.8) is 0 Å². The van der Waals surface area contributed by atoms with E-state index in [0.717, 1.165) is 77.0 Å². The van der Waals surface area contributed by atoms with Gasteiger partial charge in [0.1, 0.15) is 22.3 Å². The number of benzene rings is 5. The number of hydrogen-bond acceptors (Lipinski definition) is 3. The third-order valence-corrected chi connectivity index (χ3v) is 7.12. The number of nitrogens with zero attached hydrogens (tertiary/aromatic N) is 1. The summed E-state index contributed by atoms with van der Waals surface area (Å²) in [5.41, 5.74) is 8.69. The number of rotatable bonds is 2. The van der Waals surface area contributed by atoms with E-state index in [1.54, 1.807) is 0 Å². The van der Waals surface area contributed by atoms with E-state index < -0.39 is 0 Å². The fourth-order valence-corrected chi connectivity index (χ4v) is 5.63. The van der Waals surface area contributed by atoms with E-state index in [1.807, 2.05) is 36.5 Å². The maximum absolute atomic E-state index is 6.53. The Bertz CT molecular complexity index is 2100. The minimum absolute atomic E-state index is 0.801. The molecule has 0 aliphatic carbocycles. The van der Waals surface area contributed by atoms with Crippen LogP contribution in [0.3, 0.4) is 0 Å². The lowest BCUT2D eigenvalue weighted by molar-refractivity contribution is 0.670. The highest BCUT2D eigenvalue weighted by Crippen LogP contribution is 2.49. The van der Waals surface area contributed by atoms with Gasteiger partial charge < -0.3 is 8.83 Å². The van der Waals surface area contributed by atoms with Crippen LogP contribution in [0.1, 0.15) is 0 Å². The average Bonchev–Trinajstić information content (AvgIpc) is 3.52. The highest BCUT2D eigenvalue weighted by Gasteiger charge is 2.25. The molecular weight excluding hydrogens is 442 g/mol. The number of hydrogen-bond donors (Lipinski definition) is 0. The molecule has 0 radical (unpaired) electrons. The predicted molar refractivity (Wildman–Crippen MR) is 147 cm³/mol. The summed E-state index contributed by atoms with van der Waals surface area (Å²) in [4.78, 5) is 4.81. The Morgan fingerprint density at radius 2 is 1.14 bits per heavy atom. The molecule has 0 spiro atoms. The molecule has 3 heteroatoms. The minimum Gasteiger partial charge on any atom is -0.455 e. The summed E-state index contributed by atoms with van der Waals surface area (Å²) in [6.07, 6.45) is 1.84. The topological polar surface area (TPSA) is 39.2 Å². The molecule has 5 aromatic carbocycles. The van der Waals surface area contributed by atoms with E-state index in [-0.39, 0.29) is 0 Å². The molecule has 0 saturated heterocycles. The first-order valence-corrected chi connectivity index (χ1v) is 12.1. The standard InChI is InChI=1S/C33H19NO2/c1-2-10-20(11-3-1)28-24-16-9-19-34-31(24)33-30(23-13-5-7-18-27(23)36-33)29(28)25-15-8-14-22-21-12-4-6-17-26(21)35-32(22)25/h1-19H. The van der Waals surface area contributed by atoms with Crippen molar-refractivity contribution in [2.75, 3.05) is 0 Å². The molecule has 3 nitrogen and oxygen atoms in total. The summed E-state index contributed by atoms with van der Waals surface area (Å²) in [6.45, 7) is 0. The van der Waals surface area contributed by atoms with Gasteiger partial charge in [-0.1, -0.05) is 91.0 Å². The largest absolute Gasteiger partial charge is 0.455 e. The lowest BCUT2D eigenvalue weighted by Gasteiger charge is -2.16. The van der Waals surface area contributed by atoms with Gasteiger partial charge in [-0.2, -0.15) is 0 Å². The monoisotopic (exact) mass is 461 g/mol. The van der Waals surface area contributed by atoms with Crippen molar-refractivity contribution < 1.29 is 8.83 Å². The molecule has 168 valence electrons. The van der Waals surface area contributed by atoms with Crippen molar-refractivity contribution in [1.29, 1.82) is 0 Å². The summed E-state index contributed by atoms with van der Waals surface area (Å²) in [6, 6.07) is 37.6. The number of fused-ring (bicyclic) bond motifs is 8. The molecular formula is C33H19NO2. The van der Waals surface area contributed by atoms with Crippen LogP contribution in [0.4, 0.5) is 0 Å². The maximum atomic E-state index is 6.53. The van der Waals surface area contributed by atoms with Crippen LogP contribution < -0.4 is 0 Å². The molecule has 8 rings (SSSR count). The Labute approximate surface area is 206 Å². The Hall–Kier alpha value is -4.89. The summed E-state index contributed by atoms with van der Waals surface area (Å²) >= 11 is 0. The second-order valence-electron chi connectivity index (χ2n) is 9.10. The van der Waals surface area contributed by atoms with Crippen LogP contribution in [0.2, 0.25) is 0 Å². The second kappa shape index (κ2) is 7.30. The third kappa shape index (κ3) is 2.60. The quantitative estimate of drug-likeness (QED) is 0.257. The zero-order valence-corrected chi connectivity index (χ0v) is 19.2. The normalized spacial score (nSPS) is 11.9. The molecule has 0 fully saturated rings. The van der Waals surface area contributed by atoms with E-state index in [0.29, 0.717) is 0 Å². The first-order chi connectivity index (χ1) is 17.9. The van der Waals surface area contributed by atoms with Gasteiger partial charge in [0.25, 0.3) is 0 Å². The molecule has 0 aliphatic heterocycles. The van der Waals surface area contributed by atoms with Crippen molar-refractivity contribution in [3.05, 3.63) is 115 Å². The van der Waals surface area contributed by atoms with E-state index in [4.69, 9.17) is 13.8 Å². The highest BCUT2D eigenvalue weighted by molar-refractivity contribution is 6.27. The Kier molecular flexibility index (Phi) is 3.94.